The number of aromatic nitrogens is 1. The zero-order valence-corrected chi connectivity index (χ0v) is 14.2. The lowest BCUT2D eigenvalue weighted by atomic mass is 9.99. The van der Waals surface area contributed by atoms with Crippen molar-refractivity contribution in [1.82, 2.24) is 4.57 Å². The molecule has 3 aromatic rings. The van der Waals surface area contributed by atoms with Crippen molar-refractivity contribution in [1.29, 1.82) is 0 Å². The number of carbonyl (C=O) groups is 1. The van der Waals surface area contributed by atoms with Crippen molar-refractivity contribution >= 4 is 22.5 Å². The molecule has 24 heavy (non-hydrogen) atoms. The maximum Gasteiger partial charge on any atom is 0.231 e. The van der Waals surface area contributed by atoms with Gasteiger partial charge < -0.3 is 15.0 Å². The summed E-state index contributed by atoms with van der Waals surface area (Å²) in [5.74, 6) is -0.321. The van der Waals surface area contributed by atoms with Crippen molar-refractivity contribution in [2.24, 2.45) is 7.05 Å². The number of anilines is 1. The number of nitrogens with one attached hydrogen (secondary N) is 1. The van der Waals surface area contributed by atoms with E-state index in [1.807, 2.05) is 68.1 Å². The summed E-state index contributed by atoms with van der Waals surface area (Å²) in [4.78, 5) is 12.7. The summed E-state index contributed by atoms with van der Waals surface area (Å²) in [6.45, 7) is 3.82. The molecule has 4 heteroatoms. The van der Waals surface area contributed by atoms with Crippen molar-refractivity contribution < 1.29 is 9.90 Å². The topological polar surface area (TPSA) is 54.3 Å². The molecule has 1 unspecified atom stereocenters. The molecule has 1 atom stereocenters. The Labute approximate surface area is 141 Å². The molecule has 1 heterocycles. The van der Waals surface area contributed by atoms with E-state index in [4.69, 9.17) is 0 Å². The number of hydrogen-bond acceptors (Lipinski definition) is 2. The van der Waals surface area contributed by atoms with Crippen LogP contribution in [0.15, 0.2) is 48.7 Å². The van der Waals surface area contributed by atoms with Gasteiger partial charge in [0.05, 0.1) is 12.5 Å². The van der Waals surface area contributed by atoms with Crippen LogP contribution in [0.5, 0.6) is 0 Å². The van der Waals surface area contributed by atoms with Crippen molar-refractivity contribution in [2.75, 3.05) is 5.32 Å². The van der Waals surface area contributed by atoms with Crippen LogP contribution in [0.2, 0.25) is 0 Å². The molecule has 2 aromatic carbocycles. The number of benzene rings is 2. The lowest BCUT2D eigenvalue weighted by molar-refractivity contribution is -0.117. The Morgan fingerprint density at radius 2 is 2.00 bits per heavy atom. The van der Waals surface area contributed by atoms with E-state index >= 15 is 0 Å². The second kappa shape index (κ2) is 6.49. The molecule has 0 aliphatic rings. The molecule has 0 aliphatic carbocycles. The quantitative estimate of drug-likeness (QED) is 0.769. The standard InChI is InChI=1S/C20H22N2O2/c1-13-8-9-15(12-23)10-18(13)21-20(24)14(2)17-11-22(3)19-7-5-4-6-16(17)19/h4-11,14,23H,12H2,1-3H3,(H,21,24). The minimum atomic E-state index is -0.270. The number of aliphatic hydroxyl groups excluding tert-OH is 1. The Bertz CT molecular complexity index is 896. The van der Waals surface area contributed by atoms with E-state index in [0.29, 0.717) is 0 Å². The van der Waals surface area contributed by atoms with Gasteiger partial charge in [-0.2, -0.15) is 0 Å². The summed E-state index contributed by atoms with van der Waals surface area (Å²) in [5.41, 5.74) is 4.64. The van der Waals surface area contributed by atoms with Crippen LogP contribution in [0.3, 0.4) is 0 Å². The average Bonchev–Trinajstić information content (AvgIpc) is 2.93. The molecule has 0 aliphatic heterocycles. The van der Waals surface area contributed by atoms with Gasteiger partial charge in [0.25, 0.3) is 0 Å². The summed E-state index contributed by atoms with van der Waals surface area (Å²) in [6, 6.07) is 13.7. The van der Waals surface area contributed by atoms with Gasteiger partial charge in [-0.15, -0.1) is 0 Å². The number of fused-ring (bicyclic) bond motifs is 1. The molecule has 4 nitrogen and oxygen atoms in total. The number of carbonyl (C=O) groups excluding carboxylic acids is 1. The number of para-hydroxylation sites is 1. The average molecular weight is 322 g/mol. The largest absolute Gasteiger partial charge is 0.392 e. The monoisotopic (exact) mass is 322 g/mol. The molecule has 124 valence electrons. The lowest BCUT2D eigenvalue weighted by Crippen LogP contribution is -2.19. The summed E-state index contributed by atoms with van der Waals surface area (Å²) < 4.78 is 2.05. The second-order valence-corrected chi connectivity index (χ2v) is 6.23. The number of nitrogens with zero attached hydrogens (tertiary/aromatic N) is 1. The molecule has 2 N–H and O–H groups in total. The fraction of sp³-hybridized carbons (Fsp3) is 0.250. The van der Waals surface area contributed by atoms with Gasteiger partial charge in [-0.25, -0.2) is 0 Å². The van der Waals surface area contributed by atoms with Crippen molar-refractivity contribution in [3.63, 3.8) is 0 Å². The van der Waals surface area contributed by atoms with E-state index in [9.17, 15) is 9.90 Å². The van der Waals surface area contributed by atoms with Gasteiger partial charge in [0, 0.05) is 29.8 Å². The molecule has 0 radical (unpaired) electrons. The molecule has 1 amide bonds. The van der Waals surface area contributed by atoms with Crippen LogP contribution in [-0.2, 0) is 18.4 Å². The number of aliphatic hydroxyl groups is 1. The third-order valence-corrected chi connectivity index (χ3v) is 4.53. The molecular formula is C20H22N2O2. The van der Waals surface area contributed by atoms with Crippen LogP contribution in [0.25, 0.3) is 10.9 Å². The first-order chi connectivity index (χ1) is 11.5. The molecule has 0 bridgehead atoms. The predicted molar refractivity (Wildman–Crippen MR) is 97.1 cm³/mol. The van der Waals surface area contributed by atoms with Gasteiger partial charge >= 0.3 is 0 Å². The van der Waals surface area contributed by atoms with E-state index in [0.717, 1.165) is 33.3 Å². The number of rotatable bonds is 4. The van der Waals surface area contributed by atoms with Crippen LogP contribution in [0.1, 0.15) is 29.5 Å². The van der Waals surface area contributed by atoms with E-state index in [2.05, 4.69) is 11.4 Å². The molecule has 0 spiro atoms. The highest BCUT2D eigenvalue weighted by Gasteiger charge is 2.20. The van der Waals surface area contributed by atoms with Crippen molar-refractivity contribution in [3.8, 4) is 0 Å². The molecule has 1 aromatic heterocycles. The fourth-order valence-corrected chi connectivity index (χ4v) is 3.00. The Morgan fingerprint density at radius 1 is 1.25 bits per heavy atom. The highest BCUT2D eigenvalue weighted by molar-refractivity contribution is 5.99. The first-order valence-electron chi connectivity index (χ1n) is 8.06. The smallest absolute Gasteiger partial charge is 0.231 e. The molecule has 0 saturated heterocycles. The van der Waals surface area contributed by atoms with Gasteiger partial charge in [-0.05, 0) is 42.7 Å². The van der Waals surface area contributed by atoms with E-state index in [1.54, 1.807) is 0 Å². The van der Waals surface area contributed by atoms with Crippen molar-refractivity contribution in [3.05, 3.63) is 65.4 Å². The fourth-order valence-electron chi connectivity index (χ4n) is 3.00. The SMILES string of the molecule is Cc1ccc(CO)cc1NC(=O)C(C)c1cn(C)c2ccccc12. The van der Waals surface area contributed by atoms with Crippen LogP contribution in [0.4, 0.5) is 5.69 Å². The van der Waals surface area contributed by atoms with E-state index < -0.39 is 0 Å². The van der Waals surface area contributed by atoms with Crippen LogP contribution < -0.4 is 5.32 Å². The Morgan fingerprint density at radius 3 is 2.75 bits per heavy atom. The maximum absolute atomic E-state index is 12.7. The highest BCUT2D eigenvalue weighted by Crippen LogP contribution is 2.28. The molecule has 0 fully saturated rings. The number of hydrogen-bond donors (Lipinski definition) is 2. The molecule has 3 rings (SSSR count). The summed E-state index contributed by atoms with van der Waals surface area (Å²) in [7, 11) is 1.99. The van der Waals surface area contributed by atoms with Gasteiger partial charge in [0.15, 0.2) is 0 Å². The Hall–Kier alpha value is -2.59. The molecule has 0 saturated carbocycles. The number of amides is 1. The predicted octanol–water partition coefficient (Wildman–Crippen LogP) is 3.72. The Kier molecular flexibility index (Phi) is 4.40. The summed E-state index contributed by atoms with van der Waals surface area (Å²) in [5, 5.41) is 13.4. The van der Waals surface area contributed by atoms with Gasteiger partial charge in [0.1, 0.15) is 0 Å². The highest BCUT2D eigenvalue weighted by atomic mass is 16.3. The maximum atomic E-state index is 12.7. The second-order valence-electron chi connectivity index (χ2n) is 6.23. The minimum Gasteiger partial charge on any atom is -0.392 e. The summed E-state index contributed by atoms with van der Waals surface area (Å²) in [6.07, 6.45) is 2.02. The first kappa shape index (κ1) is 16.3. The van der Waals surface area contributed by atoms with E-state index in [1.165, 1.54) is 0 Å². The third kappa shape index (κ3) is 2.93. The zero-order valence-electron chi connectivity index (χ0n) is 14.2. The summed E-state index contributed by atoms with van der Waals surface area (Å²) >= 11 is 0. The minimum absolute atomic E-state index is 0.0397. The Balaban J connectivity index is 1.89. The normalized spacial score (nSPS) is 12.3. The van der Waals surface area contributed by atoms with Gasteiger partial charge in [-0.3, -0.25) is 4.79 Å². The number of aryl methyl sites for hydroxylation is 2. The van der Waals surface area contributed by atoms with E-state index in [-0.39, 0.29) is 18.4 Å². The van der Waals surface area contributed by atoms with Crippen LogP contribution in [-0.4, -0.2) is 15.6 Å². The first-order valence-corrected chi connectivity index (χ1v) is 8.06. The molecular weight excluding hydrogens is 300 g/mol. The van der Waals surface area contributed by atoms with Crippen LogP contribution >= 0.6 is 0 Å². The van der Waals surface area contributed by atoms with Crippen molar-refractivity contribution in [2.45, 2.75) is 26.4 Å². The lowest BCUT2D eigenvalue weighted by Gasteiger charge is -2.14. The zero-order chi connectivity index (χ0) is 17.3. The van der Waals surface area contributed by atoms with Crippen LogP contribution in [0, 0.1) is 6.92 Å². The van der Waals surface area contributed by atoms with Gasteiger partial charge in [-0.1, -0.05) is 30.3 Å². The third-order valence-electron chi connectivity index (χ3n) is 4.53. The van der Waals surface area contributed by atoms with Gasteiger partial charge in [0.2, 0.25) is 5.91 Å².